The van der Waals surface area contributed by atoms with E-state index in [4.69, 9.17) is 14.6 Å². The molecule has 0 amide bonds. The van der Waals surface area contributed by atoms with Crippen LogP contribution in [0.2, 0.25) is 0 Å². The van der Waals surface area contributed by atoms with E-state index in [9.17, 15) is 4.79 Å². The molecular formula is C7H12O4. The quantitative estimate of drug-likeness (QED) is 0.563. The van der Waals surface area contributed by atoms with Gasteiger partial charge < -0.3 is 14.6 Å². The number of aliphatic hydroxyl groups excluding tert-OH is 1. The molecule has 1 saturated heterocycles. The van der Waals surface area contributed by atoms with Gasteiger partial charge in [0.1, 0.15) is 6.10 Å². The fourth-order valence-electron chi connectivity index (χ4n) is 1.15. The molecule has 4 nitrogen and oxygen atoms in total. The molecule has 0 aromatic heterocycles. The highest BCUT2D eigenvalue weighted by Gasteiger charge is 2.26. The van der Waals surface area contributed by atoms with Crippen LogP contribution < -0.4 is 0 Å². The molecule has 0 spiro atoms. The van der Waals surface area contributed by atoms with Gasteiger partial charge in [-0.3, -0.25) is 4.79 Å². The summed E-state index contributed by atoms with van der Waals surface area (Å²) in [5.74, 6) is -0.342. The lowest BCUT2D eigenvalue weighted by molar-refractivity contribution is -0.163. The summed E-state index contributed by atoms with van der Waals surface area (Å²) in [6, 6.07) is 0. The van der Waals surface area contributed by atoms with E-state index in [1.54, 1.807) is 0 Å². The van der Waals surface area contributed by atoms with Crippen molar-refractivity contribution in [3.8, 4) is 0 Å². The van der Waals surface area contributed by atoms with Crippen LogP contribution in [0.1, 0.15) is 12.8 Å². The predicted octanol–water partition coefficient (Wildman–Crippen LogP) is -0.301. The second-order valence-corrected chi connectivity index (χ2v) is 2.66. The number of cyclic esters (lactones) is 1. The average Bonchev–Trinajstić information content (AvgIpc) is 1.85. The highest BCUT2D eigenvalue weighted by Crippen LogP contribution is 2.14. The van der Waals surface area contributed by atoms with E-state index in [0.717, 1.165) is 0 Å². The van der Waals surface area contributed by atoms with Crippen molar-refractivity contribution in [3.63, 3.8) is 0 Å². The Morgan fingerprint density at radius 3 is 3.09 bits per heavy atom. The molecular weight excluding hydrogens is 148 g/mol. The largest absolute Gasteiger partial charge is 0.460 e. The molecule has 1 rings (SSSR count). The Kier molecular flexibility index (Phi) is 2.84. The topological polar surface area (TPSA) is 55.8 Å². The summed E-state index contributed by atoms with van der Waals surface area (Å²) >= 11 is 0. The summed E-state index contributed by atoms with van der Waals surface area (Å²) in [7, 11) is 1.54. The highest BCUT2D eigenvalue weighted by atomic mass is 16.6. The summed E-state index contributed by atoms with van der Waals surface area (Å²) < 4.78 is 9.66. The van der Waals surface area contributed by atoms with Crippen molar-refractivity contribution in [2.45, 2.75) is 25.0 Å². The molecule has 0 unspecified atom stereocenters. The fraction of sp³-hybridized carbons (Fsp3) is 0.857. The Hall–Kier alpha value is -0.610. The average molecular weight is 160 g/mol. The fourth-order valence-corrected chi connectivity index (χ4v) is 1.15. The molecule has 0 bridgehead atoms. The first-order chi connectivity index (χ1) is 5.22. The standard InChI is InChI=1S/C7H12O4/c1-10-4-6-2-5(8)3-7(9)11-6/h5-6,8H,2-4H2,1H3/t5-,6-/m0/s1. The Morgan fingerprint density at radius 1 is 1.82 bits per heavy atom. The van der Waals surface area contributed by atoms with Crippen molar-refractivity contribution in [1.29, 1.82) is 0 Å². The molecule has 1 aliphatic rings. The van der Waals surface area contributed by atoms with Crippen LogP contribution in [0.4, 0.5) is 0 Å². The maximum atomic E-state index is 10.7. The molecule has 0 aliphatic carbocycles. The molecule has 1 fully saturated rings. The first kappa shape index (κ1) is 8.49. The third kappa shape index (κ3) is 2.48. The van der Waals surface area contributed by atoms with E-state index in [1.807, 2.05) is 0 Å². The summed E-state index contributed by atoms with van der Waals surface area (Å²) in [6.07, 6.45) is -0.229. The normalized spacial score (nSPS) is 31.6. The van der Waals surface area contributed by atoms with Crippen LogP contribution in [-0.4, -0.2) is 37.0 Å². The van der Waals surface area contributed by atoms with Crippen LogP contribution >= 0.6 is 0 Å². The summed E-state index contributed by atoms with van der Waals surface area (Å²) in [4.78, 5) is 10.7. The lowest BCUT2D eigenvalue weighted by Crippen LogP contribution is -2.35. The van der Waals surface area contributed by atoms with Gasteiger partial charge in [-0.05, 0) is 0 Å². The van der Waals surface area contributed by atoms with E-state index >= 15 is 0 Å². The molecule has 0 saturated carbocycles. The second-order valence-electron chi connectivity index (χ2n) is 2.66. The number of carbonyl (C=O) groups is 1. The van der Waals surface area contributed by atoms with E-state index < -0.39 is 6.10 Å². The van der Waals surface area contributed by atoms with Gasteiger partial charge in [0.25, 0.3) is 0 Å². The van der Waals surface area contributed by atoms with Gasteiger partial charge >= 0.3 is 5.97 Å². The van der Waals surface area contributed by atoms with Gasteiger partial charge in [0.2, 0.25) is 0 Å². The van der Waals surface area contributed by atoms with E-state index in [1.165, 1.54) is 7.11 Å². The van der Waals surface area contributed by atoms with Crippen LogP contribution in [-0.2, 0) is 14.3 Å². The molecule has 0 aromatic rings. The minimum atomic E-state index is -0.559. The van der Waals surface area contributed by atoms with Gasteiger partial charge in [0.05, 0.1) is 19.1 Å². The predicted molar refractivity (Wildman–Crippen MR) is 37.0 cm³/mol. The molecule has 11 heavy (non-hydrogen) atoms. The zero-order chi connectivity index (χ0) is 8.27. The Bertz CT molecular complexity index is 145. The van der Waals surface area contributed by atoms with Crippen LogP contribution in [0.15, 0.2) is 0 Å². The number of esters is 1. The SMILES string of the molecule is COC[C@@H]1C[C@H](O)CC(=O)O1. The van der Waals surface area contributed by atoms with Crippen molar-refractivity contribution in [3.05, 3.63) is 0 Å². The van der Waals surface area contributed by atoms with Crippen LogP contribution in [0, 0.1) is 0 Å². The minimum Gasteiger partial charge on any atom is -0.460 e. The molecule has 1 heterocycles. The van der Waals surface area contributed by atoms with Crippen molar-refractivity contribution < 1.29 is 19.4 Å². The number of hydrogen-bond donors (Lipinski definition) is 1. The zero-order valence-corrected chi connectivity index (χ0v) is 6.45. The van der Waals surface area contributed by atoms with Gasteiger partial charge in [0, 0.05) is 13.5 Å². The summed E-state index contributed by atoms with van der Waals surface area (Å²) in [5.41, 5.74) is 0. The molecule has 1 N–H and O–H groups in total. The van der Waals surface area contributed by atoms with Crippen LogP contribution in [0.5, 0.6) is 0 Å². The van der Waals surface area contributed by atoms with Crippen molar-refractivity contribution in [1.82, 2.24) is 0 Å². The smallest absolute Gasteiger partial charge is 0.308 e. The number of hydrogen-bond acceptors (Lipinski definition) is 4. The third-order valence-electron chi connectivity index (χ3n) is 1.59. The lowest BCUT2D eigenvalue weighted by atomic mass is 10.1. The Morgan fingerprint density at radius 2 is 2.55 bits per heavy atom. The van der Waals surface area contributed by atoms with E-state index in [2.05, 4.69) is 0 Å². The summed E-state index contributed by atoms with van der Waals surface area (Å²) in [5, 5.41) is 9.12. The number of rotatable bonds is 2. The maximum absolute atomic E-state index is 10.7. The molecule has 4 heteroatoms. The molecule has 0 radical (unpaired) electrons. The molecule has 2 atom stereocenters. The molecule has 1 aliphatic heterocycles. The van der Waals surface area contributed by atoms with Crippen molar-refractivity contribution in [2.24, 2.45) is 0 Å². The number of ether oxygens (including phenoxy) is 2. The number of aliphatic hydroxyl groups is 1. The number of methoxy groups -OCH3 is 1. The zero-order valence-electron chi connectivity index (χ0n) is 6.45. The van der Waals surface area contributed by atoms with Gasteiger partial charge in [-0.2, -0.15) is 0 Å². The second kappa shape index (κ2) is 3.69. The first-order valence-electron chi connectivity index (χ1n) is 3.59. The van der Waals surface area contributed by atoms with Gasteiger partial charge in [-0.1, -0.05) is 0 Å². The lowest BCUT2D eigenvalue weighted by Gasteiger charge is -2.24. The van der Waals surface area contributed by atoms with Crippen LogP contribution in [0.3, 0.4) is 0 Å². The Balaban J connectivity index is 2.36. The Labute approximate surface area is 65.1 Å². The van der Waals surface area contributed by atoms with E-state index in [0.29, 0.717) is 13.0 Å². The first-order valence-corrected chi connectivity index (χ1v) is 3.59. The minimum absolute atomic E-state index is 0.111. The summed E-state index contributed by atoms with van der Waals surface area (Å²) in [6.45, 7) is 0.364. The monoisotopic (exact) mass is 160 g/mol. The highest BCUT2D eigenvalue weighted by molar-refractivity contribution is 5.70. The maximum Gasteiger partial charge on any atom is 0.308 e. The van der Waals surface area contributed by atoms with Gasteiger partial charge in [-0.25, -0.2) is 0 Å². The van der Waals surface area contributed by atoms with Gasteiger partial charge in [-0.15, -0.1) is 0 Å². The molecule has 0 aromatic carbocycles. The van der Waals surface area contributed by atoms with Crippen molar-refractivity contribution >= 4 is 5.97 Å². The molecule has 64 valence electrons. The van der Waals surface area contributed by atoms with Crippen LogP contribution in [0.25, 0.3) is 0 Å². The van der Waals surface area contributed by atoms with E-state index in [-0.39, 0.29) is 18.5 Å². The third-order valence-corrected chi connectivity index (χ3v) is 1.59. The van der Waals surface area contributed by atoms with Crippen molar-refractivity contribution in [2.75, 3.05) is 13.7 Å². The number of carbonyl (C=O) groups excluding carboxylic acids is 1. The van der Waals surface area contributed by atoms with Gasteiger partial charge in [0.15, 0.2) is 0 Å².